The second kappa shape index (κ2) is 4.98. The van der Waals surface area contributed by atoms with Crippen molar-refractivity contribution in [2.75, 3.05) is 13.7 Å². The second-order valence-corrected chi connectivity index (χ2v) is 3.08. The van der Waals surface area contributed by atoms with Gasteiger partial charge in [-0.2, -0.15) is 0 Å². The van der Waals surface area contributed by atoms with Crippen LogP contribution in [-0.2, 0) is 9.53 Å². The standard InChI is InChI=1S/C10H10F3NO2/c1-16-10(15)6(4-14)5-2-3-7(11)9(13)8(5)12/h2-3,6H,4,14H2,1H3. The highest BCUT2D eigenvalue weighted by molar-refractivity contribution is 5.78. The van der Waals surface area contributed by atoms with Crippen molar-refractivity contribution in [1.29, 1.82) is 0 Å². The number of ether oxygens (including phenoxy) is 1. The Morgan fingerprint density at radius 2 is 2.00 bits per heavy atom. The fraction of sp³-hybridized carbons (Fsp3) is 0.300. The first-order chi connectivity index (χ1) is 7.52. The lowest BCUT2D eigenvalue weighted by atomic mass is 9.98. The Bertz CT molecular complexity index is 409. The van der Waals surface area contributed by atoms with Crippen LogP contribution in [0.3, 0.4) is 0 Å². The maximum atomic E-state index is 13.3. The summed E-state index contributed by atoms with van der Waals surface area (Å²) in [6, 6.07) is 1.71. The Morgan fingerprint density at radius 3 is 2.50 bits per heavy atom. The van der Waals surface area contributed by atoms with Crippen LogP contribution in [0.15, 0.2) is 12.1 Å². The normalized spacial score (nSPS) is 12.3. The zero-order valence-corrected chi connectivity index (χ0v) is 8.47. The third kappa shape index (κ3) is 2.16. The van der Waals surface area contributed by atoms with Gasteiger partial charge in [0, 0.05) is 12.1 Å². The van der Waals surface area contributed by atoms with Crippen molar-refractivity contribution in [2.24, 2.45) is 5.73 Å². The lowest BCUT2D eigenvalue weighted by Crippen LogP contribution is -2.24. The van der Waals surface area contributed by atoms with E-state index in [1.807, 2.05) is 0 Å². The van der Waals surface area contributed by atoms with E-state index in [1.165, 1.54) is 0 Å². The van der Waals surface area contributed by atoms with Crippen molar-refractivity contribution in [3.63, 3.8) is 0 Å². The van der Waals surface area contributed by atoms with Crippen LogP contribution in [0, 0.1) is 17.5 Å². The summed E-state index contributed by atoms with van der Waals surface area (Å²) in [5, 5.41) is 0. The molecule has 0 saturated heterocycles. The number of benzene rings is 1. The minimum atomic E-state index is -1.63. The Kier molecular flexibility index (Phi) is 3.89. The van der Waals surface area contributed by atoms with Gasteiger partial charge in [-0.05, 0) is 6.07 Å². The van der Waals surface area contributed by atoms with Crippen LogP contribution in [0.2, 0.25) is 0 Å². The summed E-state index contributed by atoms with van der Waals surface area (Å²) in [6.45, 7) is -0.255. The van der Waals surface area contributed by atoms with Gasteiger partial charge in [0.1, 0.15) is 0 Å². The first kappa shape index (κ1) is 12.5. The monoisotopic (exact) mass is 233 g/mol. The van der Waals surface area contributed by atoms with Crippen LogP contribution >= 0.6 is 0 Å². The quantitative estimate of drug-likeness (QED) is 0.632. The maximum Gasteiger partial charge on any atom is 0.314 e. The summed E-state index contributed by atoms with van der Waals surface area (Å²) in [5.74, 6) is -6.30. The van der Waals surface area contributed by atoms with Gasteiger partial charge in [-0.15, -0.1) is 0 Å². The fourth-order valence-electron chi connectivity index (χ4n) is 1.30. The summed E-state index contributed by atoms with van der Waals surface area (Å²) >= 11 is 0. The van der Waals surface area contributed by atoms with E-state index >= 15 is 0 Å². The molecule has 0 aliphatic carbocycles. The zero-order chi connectivity index (χ0) is 12.3. The Balaban J connectivity index is 3.21. The summed E-state index contributed by atoms with van der Waals surface area (Å²) in [7, 11) is 1.10. The summed E-state index contributed by atoms with van der Waals surface area (Å²) < 4.78 is 43.3. The largest absolute Gasteiger partial charge is 0.469 e. The van der Waals surface area contributed by atoms with Crippen LogP contribution in [0.1, 0.15) is 11.5 Å². The zero-order valence-electron chi connectivity index (χ0n) is 8.47. The molecule has 0 fully saturated rings. The smallest absolute Gasteiger partial charge is 0.314 e. The molecule has 1 aromatic carbocycles. The van der Waals surface area contributed by atoms with E-state index < -0.39 is 29.3 Å². The molecule has 0 amide bonds. The molecule has 3 nitrogen and oxygen atoms in total. The average Bonchev–Trinajstić information content (AvgIpc) is 2.29. The van der Waals surface area contributed by atoms with E-state index in [2.05, 4.69) is 4.74 Å². The number of carbonyl (C=O) groups excluding carboxylic acids is 1. The maximum absolute atomic E-state index is 13.3. The molecule has 0 aliphatic heterocycles. The highest BCUT2D eigenvalue weighted by Gasteiger charge is 2.26. The predicted octanol–water partition coefficient (Wildman–Crippen LogP) is 1.32. The topological polar surface area (TPSA) is 52.3 Å². The Morgan fingerprint density at radius 1 is 1.38 bits per heavy atom. The van der Waals surface area contributed by atoms with Crippen molar-refractivity contribution in [3.8, 4) is 0 Å². The van der Waals surface area contributed by atoms with Gasteiger partial charge in [-0.1, -0.05) is 6.07 Å². The van der Waals surface area contributed by atoms with Gasteiger partial charge >= 0.3 is 5.97 Å². The van der Waals surface area contributed by atoms with E-state index in [9.17, 15) is 18.0 Å². The van der Waals surface area contributed by atoms with Gasteiger partial charge in [0.15, 0.2) is 17.5 Å². The van der Waals surface area contributed by atoms with Gasteiger partial charge in [-0.25, -0.2) is 13.2 Å². The number of hydrogen-bond donors (Lipinski definition) is 1. The van der Waals surface area contributed by atoms with Crippen molar-refractivity contribution in [1.82, 2.24) is 0 Å². The minimum Gasteiger partial charge on any atom is -0.469 e. The van der Waals surface area contributed by atoms with Gasteiger partial charge in [0.25, 0.3) is 0 Å². The lowest BCUT2D eigenvalue weighted by molar-refractivity contribution is -0.142. The average molecular weight is 233 g/mol. The number of halogens is 3. The molecule has 0 spiro atoms. The van der Waals surface area contributed by atoms with Crippen LogP contribution in [0.5, 0.6) is 0 Å². The molecule has 0 bridgehead atoms. The Hall–Kier alpha value is -1.56. The Labute approximate surface area is 90.0 Å². The van der Waals surface area contributed by atoms with Crippen molar-refractivity contribution in [2.45, 2.75) is 5.92 Å². The molecule has 1 rings (SSSR count). The van der Waals surface area contributed by atoms with Crippen LogP contribution in [0.4, 0.5) is 13.2 Å². The molecule has 0 aliphatic rings. The molecule has 1 aromatic rings. The van der Waals surface area contributed by atoms with Gasteiger partial charge in [0.2, 0.25) is 0 Å². The number of methoxy groups -OCH3 is 1. The van der Waals surface area contributed by atoms with E-state index in [0.29, 0.717) is 0 Å². The first-order valence-electron chi connectivity index (χ1n) is 4.44. The SMILES string of the molecule is COC(=O)C(CN)c1ccc(F)c(F)c1F. The van der Waals surface area contributed by atoms with E-state index in [1.54, 1.807) is 0 Å². The third-order valence-electron chi connectivity index (χ3n) is 2.16. The minimum absolute atomic E-state index is 0.255. The molecule has 2 N–H and O–H groups in total. The molecule has 16 heavy (non-hydrogen) atoms. The van der Waals surface area contributed by atoms with Crippen LogP contribution < -0.4 is 5.73 Å². The van der Waals surface area contributed by atoms with Gasteiger partial charge < -0.3 is 10.5 Å². The van der Waals surface area contributed by atoms with Crippen molar-refractivity contribution in [3.05, 3.63) is 35.1 Å². The molecule has 0 radical (unpaired) electrons. The number of nitrogens with two attached hydrogens (primary N) is 1. The van der Waals surface area contributed by atoms with E-state index in [0.717, 1.165) is 19.2 Å². The highest BCUT2D eigenvalue weighted by Crippen LogP contribution is 2.23. The molecule has 88 valence electrons. The summed E-state index contributed by atoms with van der Waals surface area (Å²) in [5.41, 5.74) is 4.94. The summed E-state index contributed by atoms with van der Waals surface area (Å²) in [4.78, 5) is 11.2. The second-order valence-electron chi connectivity index (χ2n) is 3.08. The molecule has 1 atom stereocenters. The van der Waals surface area contributed by atoms with Crippen molar-refractivity contribution >= 4 is 5.97 Å². The van der Waals surface area contributed by atoms with Crippen molar-refractivity contribution < 1.29 is 22.7 Å². The van der Waals surface area contributed by atoms with Gasteiger partial charge in [0.05, 0.1) is 13.0 Å². The number of rotatable bonds is 3. The fourth-order valence-corrected chi connectivity index (χ4v) is 1.30. The molecule has 0 heterocycles. The summed E-state index contributed by atoms with van der Waals surface area (Å²) in [6.07, 6.45) is 0. The van der Waals surface area contributed by atoms with E-state index in [-0.39, 0.29) is 12.1 Å². The number of carbonyl (C=O) groups is 1. The molecule has 0 aromatic heterocycles. The molecule has 6 heteroatoms. The van der Waals surface area contributed by atoms with Crippen LogP contribution in [-0.4, -0.2) is 19.6 Å². The molecule has 0 saturated carbocycles. The third-order valence-corrected chi connectivity index (χ3v) is 2.16. The molecular formula is C10H10F3NO2. The van der Waals surface area contributed by atoms with Crippen LogP contribution in [0.25, 0.3) is 0 Å². The molecular weight excluding hydrogens is 223 g/mol. The first-order valence-corrected chi connectivity index (χ1v) is 4.44. The lowest BCUT2D eigenvalue weighted by Gasteiger charge is -2.13. The van der Waals surface area contributed by atoms with E-state index in [4.69, 9.17) is 5.73 Å². The predicted molar refractivity (Wildman–Crippen MR) is 50.1 cm³/mol. The highest BCUT2D eigenvalue weighted by atomic mass is 19.2. The van der Waals surface area contributed by atoms with Gasteiger partial charge in [-0.3, -0.25) is 4.79 Å². The molecule has 1 unspecified atom stereocenters. The number of hydrogen-bond acceptors (Lipinski definition) is 3. The number of esters is 1.